The van der Waals surface area contributed by atoms with Crippen molar-refractivity contribution < 1.29 is 4.79 Å². The number of carbonyl (C=O) groups excluding carboxylic acids is 1. The van der Waals surface area contributed by atoms with Crippen molar-refractivity contribution in [3.05, 3.63) is 29.8 Å². The Morgan fingerprint density at radius 2 is 2.17 bits per heavy atom. The third kappa shape index (κ3) is 2.88. The van der Waals surface area contributed by atoms with E-state index < -0.39 is 0 Å². The van der Waals surface area contributed by atoms with Crippen LogP contribution >= 0.6 is 11.8 Å². The van der Waals surface area contributed by atoms with Crippen LogP contribution in [0.25, 0.3) is 0 Å². The Kier molecular flexibility index (Phi) is 4.33. The van der Waals surface area contributed by atoms with E-state index in [1.165, 1.54) is 5.56 Å². The Morgan fingerprint density at radius 3 is 2.72 bits per heavy atom. The smallest absolute Gasteiger partial charge is 0.228 e. The molecule has 0 radical (unpaired) electrons. The van der Waals surface area contributed by atoms with Crippen LogP contribution in [0, 0.1) is 18.3 Å². The van der Waals surface area contributed by atoms with Gasteiger partial charge in [0, 0.05) is 24.6 Å². The number of hydrogen-bond acceptors (Lipinski definition) is 2. The third-order valence-electron chi connectivity index (χ3n) is 3.20. The fourth-order valence-corrected chi connectivity index (χ4v) is 2.57. The van der Waals surface area contributed by atoms with E-state index in [1.54, 1.807) is 4.90 Å². The quantitative estimate of drug-likeness (QED) is 0.775. The van der Waals surface area contributed by atoms with Crippen molar-refractivity contribution in [1.29, 1.82) is 0 Å². The van der Waals surface area contributed by atoms with Gasteiger partial charge in [0.15, 0.2) is 0 Å². The normalized spacial score (nSPS) is 19.0. The number of amides is 1. The molecular weight excluding hydrogens is 242 g/mol. The van der Waals surface area contributed by atoms with E-state index >= 15 is 0 Å². The van der Waals surface area contributed by atoms with E-state index in [-0.39, 0.29) is 11.8 Å². The Labute approximate surface area is 113 Å². The summed E-state index contributed by atoms with van der Waals surface area (Å²) in [5, 5.41) is 0. The van der Waals surface area contributed by atoms with Gasteiger partial charge in [0.25, 0.3) is 0 Å². The van der Waals surface area contributed by atoms with Gasteiger partial charge in [0.2, 0.25) is 5.91 Å². The minimum absolute atomic E-state index is 0.0636. The van der Waals surface area contributed by atoms with Crippen LogP contribution in [-0.2, 0) is 11.2 Å². The minimum Gasteiger partial charge on any atom is -0.311 e. The van der Waals surface area contributed by atoms with E-state index in [0.29, 0.717) is 13.0 Å². The molecule has 94 valence electrons. The molecule has 1 heterocycles. The number of rotatable bonds is 4. The molecule has 1 saturated heterocycles. The first-order valence-corrected chi connectivity index (χ1v) is 7.48. The average molecular weight is 259 g/mol. The third-order valence-corrected chi connectivity index (χ3v) is 3.82. The summed E-state index contributed by atoms with van der Waals surface area (Å²) in [5.74, 6) is 3.99. The lowest BCUT2D eigenvalue weighted by Gasteiger charge is -2.16. The largest absolute Gasteiger partial charge is 0.311 e. The Morgan fingerprint density at radius 1 is 1.44 bits per heavy atom. The lowest BCUT2D eigenvalue weighted by atomic mass is 10.1. The van der Waals surface area contributed by atoms with Gasteiger partial charge in [0.1, 0.15) is 0 Å². The van der Waals surface area contributed by atoms with Gasteiger partial charge in [-0.3, -0.25) is 4.79 Å². The second-order valence-electron chi connectivity index (χ2n) is 4.48. The van der Waals surface area contributed by atoms with Crippen LogP contribution in [-0.4, -0.2) is 24.5 Å². The second-order valence-corrected chi connectivity index (χ2v) is 5.47. The molecule has 0 bridgehead atoms. The molecule has 1 aliphatic rings. The topological polar surface area (TPSA) is 20.3 Å². The monoisotopic (exact) mass is 259 g/mol. The molecule has 0 saturated carbocycles. The van der Waals surface area contributed by atoms with Crippen LogP contribution in [0.5, 0.6) is 0 Å². The summed E-state index contributed by atoms with van der Waals surface area (Å²) in [4.78, 5) is 13.6. The van der Waals surface area contributed by atoms with Crippen molar-refractivity contribution in [2.75, 3.05) is 23.5 Å². The van der Waals surface area contributed by atoms with Gasteiger partial charge in [-0.05, 0) is 36.1 Å². The standard InChI is InChI=1S/C15H17NOS/c1-3-12-10-15(17)16(11-12)14-6-4-13(5-7-14)8-9-18-2/h1,4-7,12H,8-11H2,2H3. The summed E-state index contributed by atoms with van der Waals surface area (Å²) in [7, 11) is 0. The highest BCUT2D eigenvalue weighted by Crippen LogP contribution is 2.25. The Balaban J connectivity index is 2.06. The number of thioether (sulfide) groups is 1. The predicted octanol–water partition coefficient (Wildman–Crippen LogP) is 2.58. The predicted molar refractivity (Wildman–Crippen MR) is 77.8 cm³/mol. The molecule has 0 aliphatic carbocycles. The van der Waals surface area contributed by atoms with Crippen LogP contribution in [0.3, 0.4) is 0 Å². The summed E-state index contributed by atoms with van der Waals surface area (Å²) in [6.45, 7) is 0.652. The lowest BCUT2D eigenvalue weighted by molar-refractivity contribution is -0.117. The zero-order valence-corrected chi connectivity index (χ0v) is 11.4. The summed E-state index contributed by atoms with van der Waals surface area (Å²) in [6, 6.07) is 8.24. The summed E-state index contributed by atoms with van der Waals surface area (Å²) in [6.07, 6.45) is 9.04. The van der Waals surface area contributed by atoms with Crippen molar-refractivity contribution in [2.24, 2.45) is 5.92 Å². The fourth-order valence-electron chi connectivity index (χ4n) is 2.13. The summed E-state index contributed by atoms with van der Waals surface area (Å²) < 4.78 is 0. The Bertz CT molecular complexity index is 460. The lowest BCUT2D eigenvalue weighted by Crippen LogP contribution is -2.24. The van der Waals surface area contributed by atoms with E-state index in [1.807, 2.05) is 23.9 Å². The van der Waals surface area contributed by atoms with Crippen LogP contribution in [0.4, 0.5) is 5.69 Å². The van der Waals surface area contributed by atoms with Gasteiger partial charge in [-0.1, -0.05) is 12.1 Å². The van der Waals surface area contributed by atoms with E-state index in [9.17, 15) is 4.79 Å². The van der Waals surface area contributed by atoms with Crippen molar-refractivity contribution in [3.63, 3.8) is 0 Å². The molecule has 1 amide bonds. The summed E-state index contributed by atoms with van der Waals surface area (Å²) in [5.41, 5.74) is 2.28. The molecule has 0 N–H and O–H groups in total. The molecule has 1 unspecified atom stereocenters. The van der Waals surface area contributed by atoms with Gasteiger partial charge in [-0.2, -0.15) is 11.8 Å². The number of terminal acetylenes is 1. The van der Waals surface area contributed by atoms with Crippen molar-refractivity contribution in [3.8, 4) is 12.3 Å². The number of benzene rings is 1. The maximum Gasteiger partial charge on any atom is 0.228 e. The van der Waals surface area contributed by atoms with E-state index in [2.05, 4.69) is 24.3 Å². The SMILES string of the molecule is C#CC1CC(=O)N(c2ccc(CCSC)cc2)C1. The highest BCUT2D eigenvalue weighted by molar-refractivity contribution is 7.98. The molecule has 1 atom stereocenters. The number of hydrogen-bond donors (Lipinski definition) is 0. The van der Waals surface area contributed by atoms with Crippen molar-refractivity contribution in [2.45, 2.75) is 12.8 Å². The first kappa shape index (κ1) is 13.0. The van der Waals surface area contributed by atoms with Crippen molar-refractivity contribution >= 4 is 23.4 Å². The number of carbonyl (C=O) groups is 1. The molecule has 1 aliphatic heterocycles. The molecule has 1 aromatic rings. The van der Waals surface area contributed by atoms with Crippen LogP contribution in [0.1, 0.15) is 12.0 Å². The molecule has 1 fully saturated rings. The van der Waals surface area contributed by atoms with Gasteiger partial charge < -0.3 is 4.90 Å². The number of aryl methyl sites for hydroxylation is 1. The van der Waals surface area contributed by atoms with E-state index in [4.69, 9.17) is 6.42 Å². The number of anilines is 1. The maximum atomic E-state index is 11.8. The minimum atomic E-state index is 0.0636. The first-order chi connectivity index (χ1) is 8.74. The first-order valence-electron chi connectivity index (χ1n) is 6.09. The summed E-state index contributed by atoms with van der Waals surface area (Å²) >= 11 is 1.84. The van der Waals surface area contributed by atoms with Gasteiger partial charge >= 0.3 is 0 Å². The zero-order chi connectivity index (χ0) is 13.0. The molecule has 18 heavy (non-hydrogen) atoms. The van der Waals surface area contributed by atoms with E-state index in [0.717, 1.165) is 17.9 Å². The van der Waals surface area contributed by atoms with Crippen LogP contribution in [0.2, 0.25) is 0 Å². The zero-order valence-electron chi connectivity index (χ0n) is 10.6. The van der Waals surface area contributed by atoms with Crippen LogP contribution in [0.15, 0.2) is 24.3 Å². The number of nitrogens with zero attached hydrogens (tertiary/aromatic N) is 1. The van der Waals surface area contributed by atoms with Crippen molar-refractivity contribution in [1.82, 2.24) is 0 Å². The molecule has 0 aromatic heterocycles. The fraction of sp³-hybridized carbons (Fsp3) is 0.400. The Hall–Kier alpha value is -1.40. The van der Waals surface area contributed by atoms with Crippen LogP contribution < -0.4 is 4.90 Å². The second kappa shape index (κ2) is 5.97. The average Bonchev–Trinajstić information content (AvgIpc) is 2.78. The molecule has 0 spiro atoms. The maximum absolute atomic E-state index is 11.8. The highest BCUT2D eigenvalue weighted by Gasteiger charge is 2.29. The van der Waals surface area contributed by atoms with Gasteiger partial charge in [-0.25, -0.2) is 0 Å². The molecular formula is C15H17NOS. The molecule has 2 nitrogen and oxygen atoms in total. The highest BCUT2D eigenvalue weighted by atomic mass is 32.2. The molecule has 1 aromatic carbocycles. The molecule has 3 heteroatoms. The van der Waals surface area contributed by atoms with Gasteiger partial charge in [-0.15, -0.1) is 12.3 Å². The molecule has 2 rings (SSSR count). The van der Waals surface area contributed by atoms with Gasteiger partial charge in [0.05, 0.1) is 0 Å².